The normalized spacial score (nSPS) is 11.2. The third-order valence-electron chi connectivity index (χ3n) is 2.97. The number of fused-ring (bicyclic) bond motifs is 1. The number of nitrogens with two attached hydrogens (primary N) is 1. The van der Waals surface area contributed by atoms with Gasteiger partial charge in [-0.3, -0.25) is 0 Å². The number of imidazole rings is 1. The van der Waals surface area contributed by atoms with Crippen molar-refractivity contribution in [3.05, 3.63) is 6.33 Å². The second kappa shape index (κ2) is 5.66. The molecule has 0 aliphatic rings. The molecule has 2 aromatic heterocycles. The van der Waals surface area contributed by atoms with Crippen LogP contribution in [-0.2, 0) is 6.54 Å². The summed E-state index contributed by atoms with van der Waals surface area (Å²) in [5.74, 6) is -0.0741. The zero-order valence-corrected chi connectivity index (χ0v) is 10.6. The van der Waals surface area contributed by atoms with Crippen molar-refractivity contribution in [1.29, 1.82) is 0 Å². The Balaban J connectivity index is 2.05. The molecule has 0 aliphatic carbocycles. The number of hydrogen-bond donors (Lipinski definition) is 2. The first-order chi connectivity index (χ1) is 8.72. The third-order valence-corrected chi connectivity index (χ3v) is 2.97. The first-order valence-corrected chi connectivity index (χ1v) is 6.39. The van der Waals surface area contributed by atoms with E-state index in [-0.39, 0.29) is 11.8 Å². The molecular weight excluding hydrogens is 230 g/mol. The number of anilines is 1. The lowest BCUT2D eigenvalue weighted by atomic mass is 10.1. The quantitative estimate of drug-likeness (QED) is 0.765. The summed E-state index contributed by atoms with van der Waals surface area (Å²) in [4.78, 5) is 11.9. The zero-order valence-electron chi connectivity index (χ0n) is 10.6. The summed E-state index contributed by atoms with van der Waals surface area (Å²) in [6.45, 7) is 3.04. The predicted octanol–water partition coefficient (Wildman–Crippen LogP) is 2.08. The Labute approximate surface area is 106 Å². The van der Waals surface area contributed by atoms with Crippen LogP contribution in [0.4, 0.5) is 5.95 Å². The number of aromatic hydroxyl groups is 1. The topological polar surface area (TPSA) is 89.8 Å². The maximum Gasteiger partial charge on any atom is 0.244 e. The van der Waals surface area contributed by atoms with Gasteiger partial charge in [-0.05, 0) is 6.42 Å². The molecule has 0 amide bonds. The highest BCUT2D eigenvalue weighted by Gasteiger charge is 2.10. The van der Waals surface area contributed by atoms with Crippen molar-refractivity contribution < 1.29 is 5.11 Å². The number of aromatic nitrogens is 4. The Kier molecular flexibility index (Phi) is 3.96. The Morgan fingerprint density at radius 2 is 2.00 bits per heavy atom. The monoisotopic (exact) mass is 249 g/mol. The van der Waals surface area contributed by atoms with E-state index in [1.54, 1.807) is 6.33 Å². The van der Waals surface area contributed by atoms with Gasteiger partial charge >= 0.3 is 0 Å². The van der Waals surface area contributed by atoms with Crippen LogP contribution in [0, 0.1) is 0 Å². The summed E-state index contributed by atoms with van der Waals surface area (Å²) in [6.07, 6.45) is 7.73. The van der Waals surface area contributed by atoms with E-state index in [1.165, 1.54) is 25.7 Å². The standard InChI is InChI=1S/C12H19N5O/c1-2-3-4-5-6-7-17-8-14-9-10(17)15-12(13)16-11(9)18/h8H,2-7H2,1H3,(H3,13,15,16,18). The van der Waals surface area contributed by atoms with Crippen LogP contribution in [-0.4, -0.2) is 24.6 Å². The maximum absolute atomic E-state index is 9.60. The average Bonchev–Trinajstić information content (AvgIpc) is 2.72. The Morgan fingerprint density at radius 3 is 2.78 bits per heavy atom. The molecule has 0 unspecified atom stereocenters. The highest BCUT2D eigenvalue weighted by molar-refractivity contribution is 5.77. The fraction of sp³-hybridized carbons (Fsp3) is 0.583. The molecule has 0 bridgehead atoms. The summed E-state index contributed by atoms with van der Waals surface area (Å²) in [5, 5.41) is 9.60. The van der Waals surface area contributed by atoms with Crippen molar-refractivity contribution in [3.8, 4) is 5.88 Å². The minimum atomic E-state index is -0.151. The smallest absolute Gasteiger partial charge is 0.244 e. The van der Waals surface area contributed by atoms with E-state index in [4.69, 9.17) is 5.73 Å². The van der Waals surface area contributed by atoms with Gasteiger partial charge < -0.3 is 15.4 Å². The van der Waals surface area contributed by atoms with Crippen LogP contribution in [0.2, 0.25) is 0 Å². The molecule has 0 saturated carbocycles. The van der Waals surface area contributed by atoms with E-state index in [9.17, 15) is 5.11 Å². The maximum atomic E-state index is 9.60. The fourth-order valence-electron chi connectivity index (χ4n) is 2.00. The molecule has 2 rings (SSSR count). The molecular formula is C12H19N5O. The van der Waals surface area contributed by atoms with Gasteiger partial charge in [-0.2, -0.15) is 9.97 Å². The summed E-state index contributed by atoms with van der Waals surface area (Å²) in [6, 6.07) is 0. The molecule has 0 aliphatic heterocycles. The van der Waals surface area contributed by atoms with Crippen LogP contribution in [0.3, 0.4) is 0 Å². The van der Waals surface area contributed by atoms with E-state index >= 15 is 0 Å². The van der Waals surface area contributed by atoms with Crippen LogP contribution in [0.1, 0.15) is 39.0 Å². The molecule has 18 heavy (non-hydrogen) atoms. The first-order valence-electron chi connectivity index (χ1n) is 6.39. The van der Waals surface area contributed by atoms with Gasteiger partial charge in [0.15, 0.2) is 11.2 Å². The lowest BCUT2D eigenvalue weighted by molar-refractivity contribution is 0.459. The van der Waals surface area contributed by atoms with Gasteiger partial charge in [-0.1, -0.05) is 32.6 Å². The van der Waals surface area contributed by atoms with Gasteiger partial charge in [0, 0.05) is 6.54 Å². The third kappa shape index (κ3) is 2.69. The van der Waals surface area contributed by atoms with Crippen molar-refractivity contribution in [2.24, 2.45) is 0 Å². The zero-order chi connectivity index (χ0) is 13.0. The number of nitrogen functional groups attached to an aromatic ring is 1. The molecule has 0 spiro atoms. The van der Waals surface area contributed by atoms with E-state index in [0.717, 1.165) is 13.0 Å². The van der Waals surface area contributed by atoms with E-state index in [2.05, 4.69) is 21.9 Å². The molecule has 6 nitrogen and oxygen atoms in total. The second-order valence-corrected chi connectivity index (χ2v) is 4.43. The number of hydrogen-bond acceptors (Lipinski definition) is 5. The second-order valence-electron chi connectivity index (χ2n) is 4.43. The average molecular weight is 249 g/mol. The summed E-state index contributed by atoms with van der Waals surface area (Å²) >= 11 is 0. The van der Waals surface area contributed by atoms with Crippen LogP contribution in [0.25, 0.3) is 11.2 Å². The molecule has 0 aromatic carbocycles. The molecule has 2 aromatic rings. The fourth-order valence-corrected chi connectivity index (χ4v) is 2.00. The van der Waals surface area contributed by atoms with Gasteiger partial charge in [0.2, 0.25) is 11.8 Å². The van der Waals surface area contributed by atoms with Gasteiger partial charge in [0.25, 0.3) is 0 Å². The van der Waals surface area contributed by atoms with Crippen molar-refractivity contribution in [3.63, 3.8) is 0 Å². The lowest BCUT2D eigenvalue weighted by Gasteiger charge is -2.04. The molecule has 0 saturated heterocycles. The lowest BCUT2D eigenvalue weighted by Crippen LogP contribution is -2.01. The van der Waals surface area contributed by atoms with Gasteiger partial charge in [-0.15, -0.1) is 0 Å². The molecule has 0 fully saturated rings. The number of aryl methyl sites for hydroxylation is 1. The van der Waals surface area contributed by atoms with Gasteiger partial charge in [-0.25, -0.2) is 4.98 Å². The van der Waals surface area contributed by atoms with Crippen LogP contribution in [0.5, 0.6) is 5.88 Å². The Bertz CT molecular complexity index is 522. The van der Waals surface area contributed by atoms with E-state index in [0.29, 0.717) is 11.2 Å². The van der Waals surface area contributed by atoms with E-state index < -0.39 is 0 Å². The van der Waals surface area contributed by atoms with Gasteiger partial charge in [0.1, 0.15) is 0 Å². The largest absolute Gasteiger partial charge is 0.492 e. The SMILES string of the molecule is CCCCCCCn1cnc2c(O)nc(N)nc21. The number of unbranched alkanes of at least 4 members (excludes halogenated alkanes) is 4. The molecule has 0 atom stereocenters. The Hall–Kier alpha value is -1.85. The summed E-state index contributed by atoms with van der Waals surface area (Å²) < 4.78 is 1.92. The van der Waals surface area contributed by atoms with Crippen LogP contribution >= 0.6 is 0 Å². The first kappa shape index (κ1) is 12.6. The minimum Gasteiger partial charge on any atom is -0.492 e. The van der Waals surface area contributed by atoms with Crippen molar-refractivity contribution in [2.75, 3.05) is 5.73 Å². The molecule has 2 heterocycles. The highest BCUT2D eigenvalue weighted by atomic mass is 16.3. The predicted molar refractivity (Wildman–Crippen MR) is 70.2 cm³/mol. The molecule has 3 N–H and O–H groups in total. The molecule has 98 valence electrons. The molecule has 0 radical (unpaired) electrons. The minimum absolute atomic E-state index is 0.0766. The van der Waals surface area contributed by atoms with Crippen LogP contribution < -0.4 is 5.73 Å². The van der Waals surface area contributed by atoms with Gasteiger partial charge in [0.05, 0.1) is 6.33 Å². The van der Waals surface area contributed by atoms with Crippen molar-refractivity contribution in [2.45, 2.75) is 45.6 Å². The Morgan fingerprint density at radius 1 is 1.22 bits per heavy atom. The number of rotatable bonds is 6. The number of nitrogens with zero attached hydrogens (tertiary/aromatic N) is 4. The summed E-state index contributed by atoms with van der Waals surface area (Å²) in [5.41, 5.74) is 6.55. The van der Waals surface area contributed by atoms with Crippen LogP contribution in [0.15, 0.2) is 6.33 Å². The summed E-state index contributed by atoms with van der Waals surface area (Å²) in [7, 11) is 0. The van der Waals surface area contributed by atoms with E-state index in [1.807, 2.05) is 4.57 Å². The highest BCUT2D eigenvalue weighted by Crippen LogP contribution is 2.20. The van der Waals surface area contributed by atoms with Crippen molar-refractivity contribution >= 4 is 17.1 Å². The molecule has 6 heteroatoms. The van der Waals surface area contributed by atoms with Crippen molar-refractivity contribution in [1.82, 2.24) is 19.5 Å².